The smallest absolute Gasteiger partial charge is 0.303 e. The lowest BCUT2D eigenvalue weighted by atomic mass is 10.1. The van der Waals surface area contributed by atoms with Gasteiger partial charge in [-0.2, -0.15) is 0 Å². The second kappa shape index (κ2) is 19.9. The van der Waals surface area contributed by atoms with E-state index in [9.17, 15) is 9.59 Å². The Morgan fingerprint density at radius 1 is 0.889 bits per heavy atom. The normalized spacial score (nSPS) is 8.63. The van der Waals surface area contributed by atoms with Crippen molar-refractivity contribution in [2.75, 3.05) is 6.54 Å². The van der Waals surface area contributed by atoms with E-state index in [0.717, 1.165) is 6.42 Å². The summed E-state index contributed by atoms with van der Waals surface area (Å²) in [6.45, 7) is 8.15. The maximum Gasteiger partial charge on any atom is 0.303 e. The molecule has 0 aliphatic rings. The van der Waals surface area contributed by atoms with Gasteiger partial charge in [0.15, 0.2) is 0 Å². The summed E-state index contributed by atoms with van der Waals surface area (Å²) in [7, 11) is 0. The van der Waals surface area contributed by atoms with E-state index >= 15 is 0 Å². The monoisotopic (exact) mass is 373 g/mol. The molecule has 0 heterocycles. The first-order valence-corrected chi connectivity index (χ1v) is 9.48. The fourth-order valence-corrected chi connectivity index (χ4v) is 1.75. The Morgan fingerprint density at radius 2 is 1.33 bits per heavy atom. The standard InChI is InChI=1S/C11H15NO.C7H8.C3H6O2.C2H6/c12-9-8-11(13)7-6-10-4-2-1-3-5-10;1-7-5-3-2-4-6-7;1-2-3(4)5;1-2/h1-5H,6-9,12H2;2-6H,1H3;2H2,1H3,(H,4,5);1-2H3. The summed E-state index contributed by atoms with van der Waals surface area (Å²) < 4.78 is 0. The Morgan fingerprint density at radius 3 is 1.67 bits per heavy atom. The third-order valence-corrected chi connectivity index (χ3v) is 3.20. The highest BCUT2D eigenvalue weighted by Crippen LogP contribution is 2.03. The highest BCUT2D eigenvalue weighted by Gasteiger charge is 2.00. The summed E-state index contributed by atoms with van der Waals surface area (Å²) in [5, 5.41) is 7.72. The van der Waals surface area contributed by atoms with Crippen LogP contribution >= 0.6 is 0 Å². The fourth-order valence-electron chi connectivity index (χ4n) is 1.75. The molecule has 0 spiro atoms. The van der Waals surface area contributed by atoms with Crippen molar-refractivity contribution in [2.24, 2.45) is 5.73 Å². The summed E-state index contributed by atoms with van der Waals surface area (Å²) >= 11 is 0. The molecule has 0 bridgehead atoms. The minimum Gasteiger partial charge on any atom is -0.481 e. The van der Waals surface area contributed by atoms with Crippen LogP contribution in [0.1, 0.15) is 51.2 Å². The van der Waals surface area contributed by atoms with E-state index < -0.39 is 5.97 Å². The van der Waals surface area contributed by atoms with Gasteiger partial charge in [0.25, 0.3) is 0 Å². The van der Waals surface area contributed by atoms with Gasteiger partial charge in [0, 0.05) is 19.3 Å². The maximum absolute atomic E-state index is 11.1. The first-order chi connectivity index (χ1) is 13.0. The zero-order chi connectivity index (χ0) is 20.9. The van der Waals surface area contributed by atoms with E-state index in [-0.39, 0.29) is 12.2 Å². The van der Waals surface area contributed by atoms with Crippen molar-refractivity contribution in [2.45, 2.75) is 53.4 Å². The number of hydrogen-bond donors (Lipinski definition) is 2. The van der Waals surface area contributed by atoms with E-state index in [1.54, 1.807) is 6.92 Å². The molecule has 0 saturated carbocycles. The average molecular weight is 374 g/mol. The number of carboxylic acids is 1. The number of carbonyl (C=O) groups excluding carboxylic acids is 1. The number of hydrogen-bond acceptors (Lipinski definition) is 3. The van der Waals surface area contributed by atoms with Crippen molar-refractivity contribution < 1.29 is 14.7 Å². The molecule has 0 aliphatic carbocycles. The van der Waals surface area contributed by atoms with Gasteiger partial charge in [0.05, 0.1) is 0 Å². The molecule has 2 aromatic carbocycles. The molecule has 27 heavy (non-hydrogen) atoms. The van der Waals surface area contributed by atoms with Crippen molar-refractivity contribution in [1.29, 1.82) is 0 Å². The van der Waals surface area contributed by atoms with Gasteiger partial charge >= 0.3 is 5.97 Å². The van der Waals surface area contributed by atoms with Gasteiger partial charge in [-0.1, -0.05) is 87.0 Å². The lowest BCUT2D eigenvalue weighted by Crippen LogP contribution is -2.08. The number of aryl methyl sites for hydroxylation is 2. The molecular weight excluding hydrogens is 338 g/mol. The second-order valence-corrected chi connectivity index (χ2v) is 5.46. The van der Waals surface area contributed by atoms with Gasteiger partial charge in [0.1, 0.15) is 5.78 Å². The molecule has 4 heteroatoms. The van der Waals surface area contributed by atoms with Crippen LogP contribution in [0.2, 0.25) is 0 Å². The number of nitrogens with two attached hydrogens (primary N) is 1. The lowest BCUT2D eigenvalue weighted by molar-refractivity contribution is -0.136. The van der Waals surface area contributed by atoms with Crippen molar-refractivity contribution in [3.63, 3.8) is 0 Å². The number of Topliss-reactive ketones (excluding diaryl/α,β-unsaturated/α-hetero) is 1. The minimum absolute atomic E-state index is 0.222. The van der Waals surface area contributed by atoms with E-state index in [4.69, 9.17) is 10.8 Å². The predicted molar refractivity (Wildman–Crippen MR) is 114 cm³/mol. The lowest BCUT2D eigenvalue weighted by Gasteiger charge is -1.99. The molecule has 2 aromatic rings. The van der Waals surface area contributed by atoms with E-state index in [2.05, 4.69) is 19.1 Å². The Balaban J connectivity index is 0. The van der Waals surface area contributed by atoms with Crippen molar-refractivity contribution in [3.8, 4) is 0 Å². The summed E-state index contributed by atoms with van der Waals surface area (Å²) in [5.41, 5.74) is 7.81. The molecule has 0 aliphatic heterocycles. The quantitative estimate of drug-likeness (QED) is 0.743. The van der Waals surface area contributed by atoms with E-state index in [1.165, 1.54) is 11.1 Å². The van der Waals surface area contributed by atoms with Gasteiger partial charge in [0.2, 0.25) is 0 Å². The number of aliphatic carboxylic acids is 1. The molecule has 150 valence electrons. The van der Waals surface area contributed by atoms with Crippen molar-refractivity contribution in [3.05, 3.63) is 71.8 Å². The van der Waals surface area contributed by atoms with Crippen molar-refractivity contribution >= 4 is 11.8 Å². The molecule has 0 amide bonds. The molecule has 0 aromatic heterocycles. The maximum atomic E-state index is 11.1. The molecule has 4 nitrogen and oxygen atoms in total. The molecule has 3 N–H and O–H groups in total. The van der Waals surface area contributed by atoms with Crippen molar-refractivity contribution in [1.82, 2.24) is 0 Å². The molecule has 2 rings (SSSR count). The zero-order valence-corrected chi connectivity index (χ0v) is 17.2. The molecule has 0 atom stereocenters. The average Bonchev–Trinajstić information content (AvgIpc) is 2.70. The van der Waals surface area contributed by atoms with Crippen LogP contribution in [0.4, 0.5) is 0 Å². The van der Waals surface area contributed by atoms with Crippen LogP contribution in [-0.4, -0.2) is 23.4 Å². The van der Waals surface area contributed by atoms with E-state index in [1.807, 2.05) is 62.4 Å². The highest BCUT2D eigenvalue weighted by atomic mass is 16.4. The number of rotatable bonds is 6. The van der Waals surface area contributed by atoms with Crippen LogP contribution in [0.15, 0.2) is 60.7 Å². The van der Waals surface area contributed by atoms with Gasteiger partial charge in [-0.15, -0.1) is 0 Å². The molecule has 0 fully saturated rings. The first kappa shape index (κ1) is 26.8. The molecular formula is C23H35NO3. The number of benzene rings is 2. The Labute approximate surface area is 164 Å². The number of carboxylic acid groups (broad SMARTS) is 1. The number of ketones is 1. The zero-order valence-electron chi connectivity index (χ0n) is 17.2. The SMILES string of the molecule is CC.CCC(=O)O.Cc1ccccc1.NCCC(=O)CCc1ccccc1. The Hall–Kier alpha value is -2.46. The van der Waals surface area contributed by atoms with Crippen LogP contribution in [-0.2, 0) is 16.0 Å². The highest BCUT2D eigenvalue weighted by molar-refractivity contribution is 5.78. The third-order valence-electron chi connectivity index (χ3n) is 3.20. The second-order valence-electron chi connectivity index (χ2n) is 5.46. The van der Waals surface area contributed by atoms with E-state index in [0.29, 0.717) is 19.4 Å². The van der Waals surface area contributed by atoms with Gasteiger partial charge in [-0.25, -0.2) is 0 Å². The summed E-state index contributed by atoms with van der Waals surface area (Å²) in [6.07, 6.45) is 2.17. The molecule has 0 unspecified atom stereocenters. The largest absolute Gasteiger partial charge is 0.481 e. The molecule has 0 saturated heterocycles. The summed E-state index contributed by atoms with van der Waals surface area (Å²) in [6, 6.07) is 20.3. The van der Waals surface area contributed by atoms with Crippen LogP contribution in [0.25, 0.3) is 0 Å². The number of carbonyl (C=O) groups is 2. The van der Waals surface area contributed by atoms with Crippen LogP contribution in [0.5, 0.6) is 0 Å². The van der Waals surface area contributed by atoms with Crippen LogP contribution in [0.3, 0.4) is 0 Å². The van der Waals surface area contributed by atoms with Crippen LogP contribution in [0, 0.1) is 6.92 Å². The Bertz CT molecular complexity index is 583. The fraction of sp³-hybridized carbons (Fsp3) is 0.391. The predicted octanol–water partition coefficient (Wildman–Crippen LogP) is 5.04. The van der Waals surface area contributed by atoms with Crippen LogP contribution < -0.4 is 5.73 Å². The molecule has 0 radical (unpaired) electrons. The third kappa shape index (κ3) is 19.7. The topological polar surface area (TPSA) is 80.4 Å². The summed E-state index contributed by atoms with van der Waals surface area (Å²) in [4.78, 5) is 20.5. The summed E-state index contributed by atoms with van der Waals surface area (Å²) in [5.74, 6) is -0.489. The Kier molecular flexibility index (Phi) is 19.7. The van der Waals surface area contributed by atoms with Gasteiger partial charge in [-0.05, 0) is 25.5 Å². The minimum atomic E-state index is -0.745. The van der Waals surface area contributed by atoms with Gasteiger partial charge < -0.3 is 10.8 Å². The first-order valence-electron chi connectivity index (χ1n) is 9.48. The van der Waals surface area contributed by atoms with Gasteiger partial charge in [-0.3, -0.25) is 9.59 Å².